The van der Waals surface area contributed by atoms with Gasteiger partial charge < -0.3 is 0 Å². The Morgan fingerprint density at radius 1 is 1.35 bits per heavy atom. The maximum atomic E-state index is 13.3. The zero-order valence-corrected chi connectivity index (χ0v) is 10.7. The van der Waals surface area contributed by atoms with E-state index in [4.69, 9.17) is 0 Å². The molecule has 1 aromatic carbocycles. The Kier molecular flexibility index (Phi) is 5.58. The van der Waals surface area contributed by atoms with Crippen molar-refractivity contribution in [2.24, 2.45) is 0 Å². The molecule has 1 rings (SSSR count). The Balaban J connectivity index is 2.70. The van der Waals surface area contributed by atoms with Crippen LogP contribution in [-0.2, 0) is 0 Å². The predicted molar refractivity (Wildman–Crippen MR) is 66.6 cm³/mol. The van der Waals surface area contributed by atoms with Gasteiger partial charge in [-0.3, -0.25) is 9.69 Å². The molecular weight excluding hydrogens is 244 g/mol. The summed E-state index contributed by atoms with van der Waals surface area (Å²) < 4.78 is 26.6. The summed E-state index contributed by atoms with van der Waals surface area (Å²) >= 11 is 1.66. The number of hydrogen-bond acceptors (Lipinski definition) is 3. The molecule has 5 heteroatoms. The summed E-state index contributed by atoms with van der Waals surface area (Å²) in [6.45, 7) is 0.737. The molecule has 0 atom stereocenters. The van der Waals surface area contributed by atoms with Crippen molar-refractivity contribution < 1.29 is 13.6 Å². The summed E-state index contributed by atoms with van der Waals surface area (Å²) in [6.07, 6.45) is 1.96. The third-order valence-electron chi connectivity index (χ3n) is 2.33. The average molecular weight is 259 g/mol. The van der Waals surface area contributed by atoms with Gasteiger partial charge in [0.05, 0.1) is 12.1 Å². The Morgan fingerprint density at radius 2 is 1.94 bits per heavy atom. The largest absolute Gasteiger partial charge is 0.298 e. The van der Waals surface area contributed by atoms with Gasteiger partial charge >= 0.3 is 0 Å². The molecule has 0 amide bonds. The van der Waals surface area contributed by atoms with Crippen molar-refractivity contribution in [1.29, 1.82) is 0 Å². The van der Waals surface area contributed by atoms with Crippen molar-refractivity contribution in [3.63, 3.8) is 0 Å². The molecule has 0 fully saturated rings. The lowest BCUT2D eigenvalue weighted by molar-refractivity contribution is 0.0941. The number of hydrogen-bond donors (Lipinski definition) is 0. The highest BCUT2D eigenvalue weighted by Crippen LogP contribution is 2.13. The zero-order valence-electron chi connectivity index (χ0n) is 9.87. The third kappa shape index (κ3) is 4.09. The molecule has 0 heterocycles. The molecule has 0 saturated carbocycles. The highest BCUT2D eigenvalue weighted by atomic mass is 32.2. The number of likely N-dealkylation sites (N-methyl/N-ethyl adjacent to an activating group) is 1. The predicted octanol–water partition coefficient (Wildman–Crippen LogP) is 2.44. The summed E-state index contributed by atoms with van der Waals surface area (Å²) in [6, 6.07) is 3.44. The molecule has 17 heavy (non-hydrogen) atoms. The van der Waals surface area contributed by atoms with Gasteiger partial charge in [0.25, 0.3) is 0 Å². The van der Waals surface area contributed by atoms with Crippen LogP contribution in [-0.4, -0.2) is 42.8 Å². The fourth-order valence-corrected chi connectivity index (χ4v) is 1.91. The molecule has 94 valence electrons. The first-order chi connectivity index (χ1) is 8.06. The van der Waals surface area contributed by atoms with Gasteiger partial charge in [0.1, 0.15) is 11.6 Å². The molecule has 1 aromatic rings. The molecule has 2 nitrogen and oxygen atoms in total. The average Bonchev–Trinajstić information content (AvgIpc) is 2.26. The molecule has 0 aliphatic heterocycles. The van der Waals surface area contributed by atoms with Crippen molar-refractivity contribution in [3.05, 3.63) is 35.4 Å². The molecule has 0 radical (unpaired) electrons. The summed E-state index contributed by atoms with van der Waals surface area (Å²) in [5.41, 5.74) is -0.441. The number of thioether (sulfide) groups is 1. The zero-order chi connectivity index (χ0) is 12.8. The molecule has 0 N–H and O–H groups in total. The highest BCUT2D eigenvalue weighted by molar-refractivity contribution is 7.98. The maximum Gasteiger partial charge on any atom is 0.182 e. The van der Waals surface area contributed by atoms with Gasteiger partial charge in [0, 0.05) is 12.3 Å². The fourth-order valence-electron chi connectivity index (χ4n) is 1.41. The lowest BCUT2D eigenvalue weighted by Crippen LogP contribution is -2.29. The molecule has 0 bridgehead atoms. The molecule has 0 aliphatic rings. The first-order valence-corrected chi connectivity index (χ1v) is 6.60. The Hall–Kier alpha value is -0.940. The van der Waals surface area contributed by atoms with E-state index in [0.29, 0.717) is 6.54 Å². The van der Waals surface area contributed by atoms with Crippen LogP contribution in [0.2, 0.25) is 0 Å². The maximum absolute atomic E-state index is 13.3. The molecule has 0 saturated heterocycles. The van der Waals surface area contributed by atoms with Crippen molar-refractivity contribution in [2.45, 2.75) is 0 Å². The minimum atomic E-state index is -0.798. The summed E-state index contributed by atoms with van der Waals surface area (Å²) in [4.78, 5) is 13.5. The monoisotopic (exact) mass is 259 g/mol. The van der Waals surface area contributed by atoms with E-state index >= 15 is 0 Å². The third-order valence-corrected chi connectivity index (χ3v) is 2.92. The van der Waals surface area contributed by atoms with Crippen LogP contribution in [0.3, 0.4) is 0 Å². The quantitative estimate of drug-likeness (QED) is 0.732. The van der Waals surface area contributed by atoms with Crippen LogP contribution in [0.5, 0.6) is 0 Å². The van der Waals surface area contributed by atoms with Gasteiger partial charge in [-0.2, -0.15) is 11.8 Å². The number of carbonyl (C=O) groups excluding carboxylic acids is 1. The molecule has 0 spiro atoms. The molecule has 0 aliphatic carbocycles. The van der Waals surface area contributed by atoms with E-state index in [1.807, 2.05) is 6.26 Å². The first-order valence-electron chi connectivity index (χ1n) is 5.21. The van der Waals surface area contributed by atoms with Crippen LogP contribution in [0.4, 0.5) is 8.78 Å². The van der Waals surface area contributed by atoms with Gasteiger partial charge in [-0.25, -0.2) is 8.78 Å². The van der Waals surface area contributed by atoms with Gasteiger partial charge in [-0.1, -0.05) is 6.07 Å². The van der Waals surface area contributed by atoms with Crippen molar-refractivity contribution in [1.82, 2.24) is 4.90 Å². The van der Waals surface area contributed by atoms with E-state index < -0.39 is 23.0 Å². The number of Topliss-reactive ketones (excluding diaryl/α,β-unsaturated/α-hetero) is 1. The second-order valence-corrected chi connectivity index (χ2v) is 4.74. The Bertz CT molecular complexity index is 378. The van der Waals surface area contributed by atoms with Crippen LogP contribution < -0.4 is 0 Å². The van der Waals surface area contributed by atoms with Crippen LogP contribution in [0.25, 0.3) is 0 Å². The summed E-state index contributed by atoms with van der Waals surface area (Å²) in [5.74, 6) is -1.24. The summed E-state index contributed by atoms with van der Waals surface area (Å²) in [5, 5.41) is 0. The number of carbonyl (C=O) groups is 1. The van der Waals surface area contributed by atoms with Crippen molar-refractivity contribution in [2.75, 3.05) is 32.1 Å². The van der Waals surface area contributed by atoms with Crippen LogP contribution in [0.1, 0.15) is 10.4 Å². The summed E-state index contributed by atoms with van der Waals surface area (Å²) in [7, 11) is 1.76. The number of benzene rings is 1. The lowest BCUT2D eigenvalue weighted by Gasteiger charge is -2.15. The number of rotatable bonds is 6. The first kappa shape index (κ1) is 14.1. The van der Waals surface area contributed by atoms with Crippen LogP contribution >= 0.6 is 11.8 Å². The van der Waals surface area contributed by atoms with Crippen molar-refractivity contribution >= 4 is 17.5 Å². The SMILES string of the molecule is CSCCN(C)CC(=O)c1c(F)cccc1F. The Labute approximate surface area is 104 Å². The fraction of sp³-hybridized carbons (Fsp3) is 0.417. The standard InChI is InChI=1S/C12H15F2NOS/c1-15(6-7-17-2)8-11(16)12-9(13)4-3-5-10(12)14/h3-5H,6-8H2,1-2H3. The van der Waals surface area contributed by atoms with Gasteiger partial charge in [-0.05, 0) is 25.4 Å². The van der Waals surface area contributed by atoms with Crippen LogP contribution in [0.15, 0.2) is 18.2 Å². The smallest absolute Gasteiger partial charge is 0.182 e. The van der Waals surface area contributed by atoms with Crippen molar-refractivity contribution in [3.8, 4) is 0 Å². The highest BCUT2D eigenvalue weighted by Gasteiger charge is 2.17. The second-order valence-electron chi connectivity index (χ2n) is 3.75. The van der Waals surface area contributed by atoms with Gasteiger partial charge in [-0.15, -0.1) is 0 Å². The van der Waals surface area contributed by atoms with E-state index in [2.05, 4.69) is 0 Å². The molecule has 0 unspecified atom stereocenters. The van der Waals surface area contributed by atoms with Gasteiger partial charge in [0.2, 0.25) is 0 Å². The molecule has 0 aromatic heterocycles. The minimum Gasteiger partial charge on any atom is -0.298 e. The number of ketones is 1. The van der Waals surface area contributed by atoms with E-state index in [9.17, 15) is 13.6 Å². The minimum absolute atomic E-state index is 0.0262. The van der Waals surface area contributed by atoms with Gasteiger partial charge in [0.15, 0.2) is 5.78 Å². The van der Waals surface area contributed by atoms with E-state index in [0.717, 1.165) is 17.9 Å². The van der Waals surface area contributed by atoms with Crippen LogP contribution in [0, 0.1) is 11.6 Å². The number of halogens is 2. The van der Waals surface area contributed by atoms with E-state index in [1.165, 1.54) is 6.07 Å². The lowest BCUT2D eigenvalue weighted by atomic mass is 10.1. The normalized spacial score (nSPS) is 10.9. The van der Waals surface area contributed by atoms with E-state index in [-0.39, 0.29) is 6.54 Å². The van der Waals surface area contributed by atoms with E-state index in [1.54, 1.807) is 23.7 Å². The second kappa shape index (κ2) is 6.71. The molecular formula is C12H15F2NOS. The number of nitrogens with zero attached hydrogens (tertiary/aromatic N) is 1. The topological polar surface area (TPSA) is 20.3 Å². The Morgan fingerprint density at radius 3 is 2.47 bits per heavy atom.